The highest BCUT2D eigenvalue weighted by Gasteiger charge is 2.10. The topological polar surface area (TPSA) is 72.7 Å². The summed E-state index contributed by atoms with van der Waals surface area (Å²) in [4.78, 5) is 28.6. The van der Waals surface area contributed by atoms with Crippen molar-refractivity contribution < 1.29 is 14.3 Å². The van der Waals surface area contributed by atoms with E-state index in [1.807, 2.05) is 28.9 Å². The number of carbonyl (C=O) groups excluding carboxylic acids is 2. The lowest BCUT2D eigenvalue weighted by molar-refractivity contribution is -0.121. The number of nitrogens with one attached hydrogen (secondary N) is 1. The summed E-state index contributed by atoms with van der Waals surface area (Å²) in [5, 5.41) is 3.40. The summed E-state index contributed by atoms with van der Waals surface area (Å²) in [6, 6.07) is 10.4. The van der Waals surface area contributed by atoms with E-state index in [1.54, 1.807) is 31.4 Å². The first kappa shape index (κ1) is 18.9. The Morgan fingerprint density at radius 3 is 2.70 bits per heavy atom. The Bertz CT molecular complexity index is 951. The van der Waals surface area contributed by atoms with E-state index in [9.17, 15) is 9.59 Å². The molecule has 1 amide bonds. The second kappa shape index (κ2) is 8.68. The number of halogens is 1. The Hall–Kier alpha value is -2.86. The number of ether oxygens (including phenoxy) is 1. The van der Waals surface area contributed by atoms with Crippen molar-refractivity contribution in [1.29, 1.82) is 0 Å². The number of rotatable bonds is 8. The van der Waals surface area contributed by atoms with Crippen molar-refractivity contribution in [2.24, 2.45) is 0 Å². The van der Waals surface area contributed by atoms with E-state index in [1.165, 1.54) is 0 Å². The monoisotopic (exact) mass is 385 g/mol. The first-order valence-corrected chi connectivity index (χ1v) is 9.00. The molecule has 0 unspecified atom stereocenters. The summed E-state index contributed by atoms with van der Waals surface area (Å²) in [7, 11) is 1.61. The summed E-state index contributed by atoms with van der Waals surface area (Å²) in [5.74, 6) is 0.474. The quantitative estimate of drug-likeness (QED) is 0.604. The van der Waals surface area contributed by atoms with Gasteiger partial charge in [-0.3, -0.25) is 9.59 Å². The molecule has 2 heterocycles. The van der Waals surface area contributed by atoms with Crippen LogP contribution in [0, 0.1) is 0 Å². The van der Waals surface area contributed by atoms with Crippen LogP contribution in [0.5, 0.6) is 5.75 Å². The molecule has 0 radical (unpaired) electrons. The van der Waals surface area contributed by atoms with Crippen molar-refractivity contribution in [2.75, 3.05) is 13.7 Å². The Kier molecular flexibility index (Phi) is 6.08. The average Bonchev–Trinajstić information content (AvgIpc) is 3.09. The number of nitrogens with zero attached hydrogens (tertiary/aromatic N) is 2. The second-order valence-electron chi connectivity index (χ2n) is 6.07. The molecule has 0 saturated heterocycles. The number of fused-ring (bicyclic) bond motifs is 1. The van der Waals surface area contributed by atoms with Gasteiger partial charge in [0.1, 0.15) is 0 Å². The van der Waals surface area contributed by atoms with Gasteiger partial charge in [-0.05, 0) is 36.4 Å². The summed E-state index contributed by atoms with van der Waals surface area (Å²) in [6.07, 6.45) is 4.73. The van der Waals surface area contributed by atoms with Crippen molar-refractivity contribution in [3.8, 4) is 5.75 Å². The molecule has 0 aliphatic carbocycles. The SMILES string of the molecule is COc1cccn2cc(CCNC(=O)CCC(=O)c3ccc(Cl)cc3)nc12. The maximum Gasteiger partial charge on any atom is 0.220 e. The predicted octanol–water partition coefficient (Wildman–Crippen LogP) is 3.32. The van der Waals surface area contributed by atoms with Gasteiger partial charge in [0, 0.05) is 48.8 Å². The molecule has 140 valence electrons. The van der Waals surface area contributed by atoms with E-state index in [0.29, 0.717) is 29.3 Å². The molecule has 1 N–H and O–H groups in total. The number of hydrogen-bond acceptors (Lipinski definition) is 4. The van der Waals surface area contributed by atoms with Crippen LogP contribution in [0.3, 0.4) is 0 Å². The van der Waals surface area contributed by atoms with E-state index in [-0.39, 0.29) is 24.5 Å². The van der Waals surface area contributed by atoms with Crippen LogP contribution in [-0.4, -0.2) is 34.7 Å². The van der Waals surface area contributed by atoms with Crippen LogP contribution in [0.2, 0.25) is 5.02 Å². The van der Waals surface area contributed by atoms with Crippen LogP contribution in [0.1, 0.15) is 28.9 Å². The minimum Gasteiger partial charge on any atom is -0.493 e. The van der Waals surface area contributed by atoms with Crippen LogP contribution < -0.4 is 10.1 Å². The maximum atomic E-state index is 12.1. The normalized spacial score (nSPS) is 10.7. The van der Waals surface area contributed by atoms with Gasteiger partial charge in [-0.2, -0.15) is 0 Å². The molecular formula is C20H20ClN3O3. The number of methoxy groups -OCH3 is 1. The first-order valence-electron chi connectivity index (χ1n) is 8.63. The van der Waals surface area contributed by atoms with Crippen molar-refractivity contribution >= 4 is 28.9 Å². The molecular weight excluding hydrogens is 366 g/mol. The zero-order chi connectivity index (χ0) is 19.2. The number of ketones is 1. The molecule has 0 bridgehead atoms. The lowest BCUT2D eigenvalue weighted by Gasteiger charge is -2.04. The highest BCUT2D eigenvalue weighted by atomic mass is 35.5. The fraction of sp³-hybridized carbons (Fsp3) is 0.250. The molecule has 3 rings (SSSR count). The van der Waals surface area contributed by atoms with Gasteiger partial charge in [-0.15, -0.1) is 0 Å². The van der Waals surface area contributed by atoms with Gasteiger partial charge >= 0.3 is 0 Å². The fourth-order valence-corrected chi connectivity index (χ4v) is 2.87. The van der Waals surface area contributed by atoms with Crippen LogP contribution in [0.15, 0.2) is 48.8 Å². The van der Waals surface area contributed by atoms with Gasteiger partial charge in [0.15, 0.2) is 17.2 Å². The number of benzene rings is 1. The lowest BCUT2D eigenvalue weighted by Crippen LogP contribution is -2.26. The second-order valence-corrected chi connectivity index (χ2v) is 6.51. The summed E-state index contributed by atoms with van der Waals surface area (Å²) in [6.45, 7) is 0.458. The molecule has 0 saturated carbocycles. The highest BCUT2D eigenvalue weighted by molar-refractivity contribution is 6.30. The smallest absolute Gasteiger partial charge is 0.220 e. The van der Waals surface area contributed by atoms with Crippen LogP contribution in [0.25, 0.3) is 5.65 Å². The molecule has 0 atom stereocenters. The van der Waals surface area contributed by atoms with Crippen molar-refractivity contribution in [1.82, 2.24) is 14.7 Å². The first-order chi connectivity index (χ1) is 13.1. The molecule has 0 aliphatic rings. The molecule has 6 nitrogen and oxygen atoms in total. The summed E-state index contributed by atoms with van der Waals surface area (Å²) >= 11 is 5.81. The third-order valence-electron chi connectivity index (χ3n) is 4.17. The standard InChI is InChI=1S/C20H20ClN3O3/c1-27-18-3-2-12-24-13-16(23-20(18)24)10-11-22-19(26)9-8-17(25)14-4-6-15(21)7-5-14/h2-7,12-13H,8-11H2,1H3,(H,22,26). The van der Waals surface area contributed by atoms with Crippen LogP contribution in [-0.2, 0) is 11.2 Å². The maximum absolute atomic E-state index is 12.1. The Morgan fingerprint density at radius 1 is 1.19 bits per heavy atom. The number of carbonyl (C=O) groups is 2. The molecule has 1 aromatic carbocycles. The number of pyridine rings is 1. The zero-order valence-electron chi connectivity index (χ0n) is 14.9. The molecule has 0 fully saturated rings. The number of amides is 1. The third-order valence-corrected chi connectivity index (χ3v) is 4.42. The van der Waals surface area contributed by atoms with Crippen molar-refractivity contribution in [3.63, 3.8) is 0 Å². The molecule has 3 aromatic rings. The number of hydrogen-bond donors (Lipinski definition) is 1. The largest absolute Gasteiger partial charge is 0.493 e. The van der Waals surface area contributed by atoms with Gasteiger partial charge in [0.25, 0.3) is 0 Å². The van der Waals surface area contributed by atoms with Gasteiger partial charge in [0.05, 0.1) is 12.8 Å². The van der Waals surface area contributed by atoms with Crippen LogP contribution in [0.4, 0.5) is 0 Å². The zero-order valence-corrected chi connectivity index (χ0v) is 15.7. The van der Waals surface area contributed by atoms with Gasteiger partial charge in [0.2, 0.25) is 5.91 Å². The molecule has 27 heavy (non-hydrogen) atoms. The number of Topliss-reactive ketones (excluding diaryl/α,β-unsaturated/α-hetero) is 1. The van der Waals surface area contributed by atoms with Crippen LogP contribution >= 0.6 is 11.6 Å². The van der Waals surface area contributed by atoms with Crippen molar-refractivity contribution in [3.05, 3.63) is 65.1 Å². The summed E-state index contributed by atoms with van der Waals surface area (Å²) < 4.78 is 7.18. The predicted molar refractivity (Wildman–Crippen MR) is 103 cm³/mol. The Morgan fingerprint density at radius 2 is 1.96 bits per heavy atom. The minimum absolute atomic E-state index is 0.0748. The molecule has 2 aromatic heterocycles. The Labute approximate surface area is 162 Å². The van der Waals surface area contributed by atoms with E-state index in [2.05, 4.69) is 10.3 Å². The highest BCUT2D eigenvalue weighted by Crippen LogP contribution is 2.18. The van der Waals surface area contributed by atoms with E-state index in [0.717, 1.165) is 11.3 Å². The Balaban J connectivity index is 1.45. The van der Waals surface area contributed by atoms with E-state index in [4.69, 9.17) is 16.3 Å². The molecule has 7 heteroatoms. The minimum atomic E-state index is -0.154. The molecule has 0 aliphatic heterocycles. The number of imidazole rings is 1. The van der Waals surface area contributed by atoms with E-state index >= 15 is 0 Å². The van der Waals surface area contributed by atoms with Gasteiger partial charge < -0.3 is 14.5 Å². The third kappa shape index (κ3) is 4.86. The lowest BCUT2D eigenvalue weighted by atomic mass is 10.1. The molecule has 0 spiro atoms. The fourth-order valence-electron chi connectivity index (χ4n) is 2.74. The van der Waals surface area contributed by atoms with Crippen molar-refractivity contribution in [2.45, 2.75) is 19.3 Å². The average molecular weight is 386 g/mol. The van der Waals surface area contributed by atoms with Gasteiger partial charge in [-0.1, -0.05) is 11.6 Å². The van der Waals surface area contributed by atoms with Gasteiger partial charge in [-0.25, -0.2) is 4.98 Å². The summed E-state index contributed by atoms with van der Waals surface area (Å²) in [5.41, 5.74) is 2.16. The number of aromatic nitrogens is 2. The van der Waals surface area contributed by atoms with E-state index < -0.39 is 0 Å².